The van der Waals surface area contributed by atoms with Crippen LogP contribution in [-0.2, 0) is 0 Å². The minimum absolute atomic E-state index is 0.619. The minimum Gasteiger partial charge on any atom is -0.261 e. The first-order valence-corrected chi connectivity index (χ1v) is 20.6. The molecule has 0 aliphatic rings. The van der Waals surface area contributed by atoms with Gasteiger partial charge in [0.05, 0.1) is 0 Å². The number of pyridine rings is 1. The second kappa shape index (κ2) is 15.3. The van der Waals surface area contributed by atoms with Crippen LogP contribution >= 0.6 is 0 Å². The molecule has 0 atom stereocenters. The van der Waals surface area contributed by atoms with Gasteiger partial charge in [0, 0.05) is 34.1 Å². The molecule has 0 aliphatic heterocycles. The van der Waals surface area contributed by atoms with E-state index in [9.17, 15) is 0 Å². The summed E-state index contributed by atoms with van der Waals surface area (Å²) >= 11 is 0. The van der Waals surface area contributed by atoms with Crippen LogP contribution in [0.1, 0.15) is 5.69 Å². The van der Waals surface area contributed by atoms with Gasteiger partial charge in [-0.15, -0.1) is 0 Å². The summed E-state index contributed by atoms with van der Waals surface area (Å²) in [6.07, 6.45) is 1.94. The summed E-state index contributed by atoms with van der Waals surface area (Å²) in [5, 5.41) is 7.49. The van der Waals surface area contributed by atoms with Crippen LogP contribution in [0.25, 0.3) is 111 Å². The van der Waals surface area contributed by atoms with Gasteiger partial charge in [0.25, 0.3) is 0 Å². The minimum atomic E-state index is 0.619. The fraction of sp³-hybridized carbons (Fsp3) is 0.0175. The van der Waals surface area contributed by atoms with Crippen molar-refractivity contribution in [3.8, 4) is 78.7 Å². The lowest BCUT2D eigenvalue weighted by Crippen LogP contribution is -2.00. The molecule has 2 aromatic heterocycles. The Labute approximate surface area is 354 Å². The molecular weight excluding hydrogens is 741 g/mol. The molecule has 11 aromatic rings. The van der Waals surface area contributed by atoms with Crippen molar-refractivity contribution in [2.45, 2.75) is 6.92 Å². The molecule has 0 aliphatic carbocycles. The van der Waals surface area contributed by atoms with Gasteiger partial charge in [0.1, 0.15) is 0 Å². The number of rotatable bonds is 7. The van der Waals surface area contributed by atoms with Crippen molar-refractivity contribution in [3.05, 3.63) is 218 Å². The maximum atomic E-state index is 5.15. The van der Waals surface area contributed by atoms with Crippen molar-refractivity contribution in [1.82, 2.24) is 19.9 Å². The number of aromatic nitrogens is 4. The van der Waals surface area contributed by atoms with Crippen LogP contribution in [-0.4, -0.2) is 19.9 Å². The molecule has 0 N–H and O–H groups in total. The Kier molecular flexibility index (Phi) is 9.02. The van der Waals surface area contributed by atoms with Gasteiger partial charge in [-0.3, -0.25) is 4.98 Å². The third-order valence-electron chi connectivity index (χ3n) is 11.6. The van der Waals surface area contributed by atoms with Crippen molar-refractivity contribution in [2.24, 2.45) is 0 Å². The van der Waals surface area contributed by atoms with E-state index in [0.29, 0.717) is 17.5 Å². The predicted octanol–water partition coefficient (Wildman–Crippen LogP) is 14.7. The van der Waals surface area contributed by atoms with Gasteiger partial charge in [-0.2, -0.15) is 0 Å². The normalized spacial score (nSPS) is 11.4. The topological polar surface area (TPSA) is 51.6 Å². The Balaban J connectivity index is 1.07. The number of benzene rings is 9. The van der Waals surface area contributed by atoms with Crippen LogP contribution in [0.4, 0.5) is 0 Å². The lowest BCUT2D eigenvalue weighted by Gasteiger charge is -2.15. The summed E-state index contributed by atoms with van der Waals surface area (Å²) in [5.74, 6) is 1.89. The lowest BCUT2D eigenvalue weighted by atomic mass is 9.90. The highest BCUT2D eigenvalue weighted by molar-refractivity contribution is 6.25. The average molecular weight is 779 g/mol. The summed E-state index contributed by atoms with van der Waals surface area (Å²) in [6.45, 7) is 2.01. The zero-order valence-corrected chi connectivity index (χ0v) is 33.5. The highest BCUT2D eigenvalue weighted by Gasteiger charge is 2.16. The molecule has 0 amide bonds. The van der Waals surface area contributed by atoms with Crippen LogP contribution in [0.3, 0.4) is 0 Å². The van der Waals surface area contributed by atoms with Crippen molar-refractivity contribution in [3.63, 3.8) is 0 Å². The Bertz CT molecular complexity index is 3290. The highest BCUT2D eigenvalue weighted by atomic mass is 15.0. The molecule has 0 spiro atoms. The first-order valence-electron chi connectivity index (χ1n) is 20.6. The summed E-state index contributed by atoms with van der Waals surface area (Å²) in [6, 6.07) is 73.1. The molecule has 2 heterocycles. The second-order valence-electron chi connectivity index (χ2n) is 15.5. The van der Waals surface area contributed by atoms with Gasteiger partial charge >= 0.3 is 0 Å². The van der Waals surface area contributed by atoms with Crippen molar-refractivity contribution < 1.29 is 0 Å². The fourth-order valence-corrected chi connectivity index (χ4v) is 8.46. The predicted molar refractivity (Wildman–Crippen MR) is 253 cm³/mol. The van der Waals surface area contributed by atoms with Crippen LogP contribution in [0, 0.1) is 6.92 Å². The first kappa shape index (κ1) is 36.0. The summed E-state index contributed by atoms with van der Waals surface area (Å²) < 4.78 is 0. The first-order chi connectivity index (χ1) is 30.1. The van der Waals surface area contributed by atoms with E-state index < -0.39 is 0 Å². The van der Waals surface area contributed by atoms with Crippen LogP contribution in [0.15, 0.2) is 212 Å². The molecule has 0 unspecified atom stereocenters. The van der Waals surface area contributed by atoms with Crippen LogP contribution < -0.4 is 0 Å². The molecule has 9 aromatic carbocycles. The summed E-state index contributed by atoms with van der Waals surface area (Å²) in [5.41, 5.74) is 12.8. The van der Waals surface area contributed by atoms with Crippen LogP contribution in [0.2, 0.25) is 0 Å². The molecule has 4 nitrogen and oxygen atoms in total. The Morgan fingerprint density at radius 2 is 0.607 bits per heavy atom. The van der Waals surface area contributed by atoms with Crippen molar-refractivity contribution in [1.29, 1.82) is 0 Å². The molecule has 0 bridgehead atoms. The molecule has 0 saturated carbocycles. The molecule has 0 fully saturated rings. The zero-order chi connectivity index (χ0) is 40.7. The van der Waals surface area contributed by atoms with E-state index in [2.05, 4.69) is 151 Å². The van der Waals surface area contributed by atoms with Gasteiger partial charge < -0.3 is 0 Å². The lowest BCUT2D eigenvalue weighted by molar-refractivity contribution is 1.07. The van der Waals surface area contributed by atoms with E-state index in [1.807, 2.05) is 73.8 Å². The maximum Gasteiger partial charge on any atom is 0.164 e. The maximum absolute atomic E-state index is 5.15. The smallest absolute Gasteiger partial charge is 0.164 e. The van der Waals surface area contributed by atoms with E-state index >= 15 is 0 Å². The van der Waals surface area contributed by atoms with Crippen molar-refractivity contribution in [2.75, 3.05) is 0 Å². The quantitative estimate of drug-likeness (QED) is 0.151. The Morgan fingerprint density at radius 1 is 0.246 bits per heavy atom. The SMILES string of the molecule is Cc1ccc(-c2ccc(-c3ccc(-c4cc(-c5ccc6c7ccccc7c7ccccc7c6c5)cc(-c5nc(-c6ccccc6)nc(-c6ccccc6)n5)c4)cc3)cc2)cn1. The van der Waals surface area contributed by atoms with Gasteiger partial charge in [0.15, 0.2) is 17.5 Å². The number of aryl methyl sites for hydroxylation is 1. The molecular formula is C57H38N4. The number of hydrogen-bond acceptors (Lipinski definition) is 4. The average Bonchev–Trinajstić information content (AvgIpc) is 3.34. The number of nitrogens with zero attached hydrogens (tertiary/aromatic N) is 4. The summed E-state index contributed by atoms with van der Waals surface area (Å²) in [4.78, 5) is 19.8. The van der Waals surface area contributed by atoms with Crippen molar-refractivity contribution >= 4 is 32.3 Å². The Hall–Kier alpha value is -8.08. The molecule has 61 heavy (non-hydrogen) atoms. The summed E-state index contributed by atoms with van der Waals surface area (Å²) in [7, 11) is 0. The van der Waals surface area contributed by atoms with Gasteiger partial charge in [-0.25, -0.2) is 15.0 Å². The molecule has 286 valence electrons. The Morgan fingerprint density at radius 3 is 1.10 bits per heavy atom. The van der Waals surface area contributed by atoms with Crippen LogP contribution in [0.5, 0.6) is 0 Å². The largest absolute Gasteiger partial charge is 0.261 e. The number of fused-ring (bicyclic) bond motifs is 6. The van der Waals surface area contributed by atoms with Gasteiger partial charge in [-0.05, 0) is 109 Å². The highest BCUT2D eigenvalue weighted by Crippen LogP contribution is 2.39. The van der Waals surface area contributed by atoms with E-state index in [0.717, 1.165) is 66.9 Å². The molecule has 0 radical (unpaired) electrons. The molecule has 11 rings (SSSR count). The van der Waals surface area contributed by atoms with Gasteiger partial charge in [-0.1, -0.05) is 176 Å². The van der Waals surface area contributed by atoms with E-state index in [-0.39, 0.29) is 0 Å². The third kappa shape index (κ3) is 6.90. The number of hydrogen-bond donors (Lipinski definition) is 0. The van der Waals surface area contributed by atoms with E-state index in [1.165, 1.54) is 32.3 Å². The molecule has 0 saturated heterocycles. The van der Waals surface area contributed by atoms with Gasteiger partial charge in [0.2, 0.25) is 0 Å². The standard InChI is InChI=1S/C57H38N4/c1-37-20-21-45(36-58-37)40-26-22-38(23-27-40)39-24-28-41(29-25-39)46-32-47(44-30-31-53-51-18-9-8-16-49(51)50-17-10-11-19-52(50)54(53)35-44)34-48(33-46)57-60-55(42-12-4-2-5-13-42)59-56(61-57)43-14-6-3-7-15-43/h2-36H,1H3. The van der Waals surface area contributed by atoms with E-state index in [1.54, 1.807) is 0 Å². The fourth-order valence-electron chi connectivity index (χ4n) is 8.46. The van der Waals surface area contributed by atoms with E-state index in [4.69, 9.17) is 15.0 Å². The molecule has 4 heteroatoms. The third-order valence-corrected chi connectivity index (χ3v) is 11.6. The monoisotopic (exact) mass is 778 g/mol. The second-order valence-corrected chi connectivity index (χ2v) is 15.5. The zero-order valence-electron chi connectivity index (χ0n) is 33.5.